The van der Waals surface area contributed by atoms with Crippen LogP contribution in [0.1, 0.15) is 16.7 Å². The van der Waals surface area contributed by atoms with Gasteiger partial charge >= 0.3 is 6.18 Å². The van der Waals surface area contributed by atoms with E-state index in [-0.39, 0.29) is 5.69 Å². The summed E-state index contributed by atoms with van der Waals surface area (Å²) in [5, 5.41) is 15.7. The molecule has 1 N–H and O–H groups in total. The van der Waals surface area contributed by atoms with Crippen LogP contribution in [0.5, 0.6) is 5.75 Å². The van der Waals surface area contributed by atoms with E-state index in [0.717, 1.165) is 21.3 Å². The molecular weight excluding hydrogens is 562 g/mol. The first-order valence-corrected chi connectivity index (χ1v) is 10.4. The van der Waals surface area contributed by atoms with E-state index in [2.05, 4.69) is 33.1 Å². The number of hydrazone groups is 1. The Bertz CT molecular complexity index is 1160. The molecule has 0 aliphatic carbocycles. The molecule has 11 heteroatoms. The second-order valence-electron chi connectivity index (χ2n) is 6.46. The van der Waals surface area contributed by atoms with Gasteiger partial charge in [-0.05, 0) is 76.2 Å². The molecule has 0 radical (unpaired) electrons. The van der Waals surface area contributed by atoms with E-state index in [1.54, 1.807) is 30.3 Å². The number of nitro groups is 1. The second kappa shape index (κ2) is 10.2. The van der Waals surface area contributed by atoms with E-state index in [0.29, 0.717) is 29.0 Å². The van der Waals surface area contributed by atoms with E-state index < -0.39 is 22.4 Å². The van der Waals surface area contributed by atoms with Crippen LogP contribution >= 0.6 is 34.2 Å². The zero-order chi connectivity index (χ0) is 23.3. The molecule has 166 valence electrons. The predicted molar refractivity (Wildman–Crippen MR) is 124 cm³/mol. The van der Waals surface area contributed by atoms with Gasteiger partial charge in [-0.1, -0.05) is 23.7 Å². The normalized spacial score (nSPS) is 11.5. The zero-order valence-electron chi connectivity index (χ0n) is 16.1. The zero-order valence-corrected chi connectivity index (χ0v) is 19.0. The lowest BCUT2D eigenvalue weighted by molar-refractivity contribution is -0.384. The fourth-order valence-electron chi connectivity index (χ4n) is 2.59. The van der Waals surface area contributed by atoms with Crippen LogP contribution in [0.25, 0.3) is 0 Å². The Morgan fingerprint density at radius 2 is 1.84 bits per heavy atom. The van der Waals surface area contributed by atoms with Crippen molar-refractivity contribution in [3.05, 3.63) is 96.1 Å². The Morgan fingerprint density at radius 1 is 1.12 bits per heavy atom. The molecule has 0 saturated carbocycles. The van der Waals surface area contributed by atoms with Gasteiger partial charge in [0.25, 0.3) is 5.69 Å². The summed E-state index contributed by atoms with van der Waals surface area (Å²) >= 11 is 7.96. The summed E-state index contributed by atoms with van der Waals surface area (Å²) in [5.74, 6) is 0.657. The highest BCUT2D eigenvalue weighted by Gasteiger charge is 2.33. The molecule has 0 heterocycles. The molecule has 0 saturated heterocycles. The Labute approximate surface area is 199 Å². The predicted octanol–water partition coefficient (Wildman–Crippen LogP) is 6.90. The molecule has 0 spiro atoms. The number of anilines is 1. The van der Waals surface area contributed by atoms with E-state index in [9.17, 15) is 23.3 Å². The topological polar surface area (TPSA) is 76.8 Å². The highest BCUT2D eigenvalue weighted by Crippen LogP contribution is 2.35. The number of hydrogen-bond acceptors (Lipinski definition) is 5. The molecule has 3 aromatic rings. The summed E-state index contributed by atoms with van der Waals surface area (Å²) in [5.41, 5.74) is 2.05. The fourth-order valence-corrected chi connectivity index (χ4v) is 3.41. The Morgan fingerprint density at radius 3 is 2.47 bits per heavy atom. The first kappa shape index (κ1) is 23.8. The number of benzene rings is 3. The first-order chi connectivity index (χ1) is 15.1. The first-order valence-electron chi connectivity index (χ1n) is 8.95. The summed E-state index contributed by atoms with van der Waals surface area (Å²) in [7, 11) is 0. The number of rotatable bonds is 7. The average molecular weight is 576 g/mol. The van der Waals surface area contributed by atoms with Gasteiger partial charge in [0.15, 0.2) is 0 Å². The Balaban J connectivity index is 1.67. The quantitative estimate of drug-likeness (QED) is 0.144. The molecule has 3 rings (SSSR count). The van der Waals surface area contributed by atoms with Crippen LogP contribution in [0, 0.1) is 13.7 Å². The third-order valence-electron chi connectivity index (χ3n) is 4.18. The van der Waals surface area contributed by atoms with E-state index >= 15 is 0 Å². The third kappa shape index (κ3) is 6.33. The van der Waals surface area contributed by atoms with Crippen molar-refractivity contribution in [3.8, 4) is 5.75 Å². The summed E-state index contributed by atoms with van der Waals surface area (Å²) in [6.07, 6.45) is -3.28. The molecular formula is C21H14ClF3IN3O3. The van der Waals surface area contributed by atoms with Crippen LogP contribution in [-0.4, -0.2) is 11.1 Å². The van der Waals surface area contributed by atoms with Crippen molar-refractivity contribution >= 4 is 51.8 Å². The maximum absolute atomic E-state index is 12.8. The third-order valence-corrected chi connectivity index (χ3v) is 5.28. The van der Waals surface area contributed by atoms with Gasteiger partial charge in [-0.25, -0.2) is 0 Å². The minimum atomic E-state index is -4.68. The monoisotopic (exact) mass is 575 g/mol. The maximum atomic E-state index is 12.8. The van der Waals surface area contributed by atoms with Crippen molar-refractivity contribution in [1.29, 1.82) is 0 Å². The van der Waals surface area contributed by atoms with Crippen LogP contribution in [0.2, 0.25) is 5.02 Å². The van der Waals surface area contributed by atoms with Gasteiger partial charge in [0, 0.05) is 11.1 Å². The minimum Gasteiger partial charge on any atom is -0.488 e. The molecule has 6 nitrogen and oxygen atoms in total. The molecule has 0 unspecified atom stereocenters. The van der Waals surface area contributed by atoms with E-state index in [1.165, 1.54) is 6.21 Å². The number of alkyl halides is 3. The van der Waals surface area contributed by atoms with Gasteiger partial charge in [-0.15, -0.1) is 0 Å². The average Bonchev–Trinajstić information content (AvgIpc) is 2.73. The van der Waals surface area contributed by atoms with Gasteiger partial charge in [-0.2, -0.15) is 18.3 Å². The van der Waals surface area contributed by atoms with Gasteiger partial charge in [0.05, 0.1) is 20.3 Å². The number of nitro benzene ring substituents is 1. The van der Waals surface area contributed by atoms with Gasteiger partial charge in [-0.3, -0.25) is 15.5 Å². The van der Waals surface area contributed by atoms with Crippen molar-refractivity contribution in [2.75, 3.05) is 5.43 Å². The minimum absolute atomic E-state index is 0.156. The number of nitrogens with zero attached hydrogens (tertiary/aromatic N) is 2. The number of halogens is 5. The van der Waals surface area contributed by atoms with Crippen molar-refractivity contribution in [2.45, 2.75) is 12.8 Å². The smallest absolute Gasteiger partial charge is 0.416 e. The van der Waals surface area contributed by atoms with Gasteiger partial charge in [0.1, 0.15) is 18.0 Å². The summed E-state index contributed by atoms with van der Waals surface area (Å²) in [6, 6.07) is 14.7. The van der Waals surface area contributed by atoms with Crippen molar-refractivity contribution < 1.29 is 22.8 Å². The van der Waals surface area contributed by atoms with Crippen molar-refractivity contribution in [3.63, 3.8) is 0 Å². The molecule has 0 aliphatic heterocycles. The summed E-state index contributed by atoms with van der Waals surface area (Å²) < 4.78 is 45.0. The second-order valence-corrected chi connectivity index (χ2v) is 8.06. The summed E-state index contributed by atoms with van der Waals surface area (Å²) in [4.78, 5) is 10.2. The number of nitrogens with one attached hydrogen (secondary N) is 1. The van der Waals surface area contributed by atoms with Crippen LogP contribution < -0.4 is 10.2 Å². The molecule has 0 atom stereocenters. The lowest BCUT2D eigenvalue weighted by Gasteiger charge is -2.09. The largest absolute Gasteiger partial charge is 0.488 e. The molecule has 32 heavy (non-hydrogen) atoms. The number of ether oxygens (including phenoxy) is 1. The molecule has 0 amide bonds. The SMILES string of the molecule is O=[N+]([O-])c1cc(C(F)(F)F)ccc1N/N=C\c1ccc(OCc2ccc(Cl)cc2)c(I)c1. The highest BCUT2D eigenvalue weighted by molar-refractivity contribution is 14.1. The molecule has 0 aliphatic rings. The van der Waals surface area contributed by atoms with Crippen molar-refractivity contribution in [2.24, 2.45) is 5.10 Å². The lowest BCUT2D eigenvalue weighted by atomic mass is 10.1. The van der Waals surface area contributed by atoms with Crippen LogP contribution in [0.4, 0.5) is 24.5 Å². The van der Waals surface area contributed by atoms with E-state index in [1.807, 2.05) is 12.1 Å². The number of hydrogen-bond donors (Lipinski definition) is 1. The van der Waals surface area contributed by atoms with Crippen LogP contribution in [0.3, 0.4) is 0 Å². The standard InChI is InChI=1S/C21H14ClF3IN3O3/c22-16-5-1-13(2-6-16)12-32-20-8-3-14(9-17(20)26)11-27-28-18-7-4-15(21(23,24)25)10-19(18)29(30)31/h1-11,28H,12H2/b27-11-. The van der Waals surface area contributed by atoms with Crippen LogP contribution in [0.15, 0.2) is 65.8 Å². The Hall–Kier alpha value is -2.86. The molecule has 0 aromatic heterocycles. The van der Waals surface area contributed by atoms with Gasteiger partial charge in [0.2, 0.25) is 0 Å². The molecule has 0 fully saturated rings. The fraction of sp³-hybridized carbons (Fsp3) is 0.0952. The maximum Gasteiger partial charge on any atom is 0.416 e. The lowest BCUT2D eigenvalue weighted by Crippen LogP contribution is -2.06. The molecule has 3 aromatic carbocycles. The van der Waals surface area contributed by atoms with Crippen LogP contribution in [-0.2, 0) is 12.8 Å². The Kier molecular flexibility index (Phi) is 7.56. The van der Waals surface area contributed by atoms with E-state index in [4.69, 9.17) is 16.3 Å². The highest BCUT2D eigenvalue weighted by atomic mass is 127. The van der Waals surface area contributed by atoms with Gasteiger partial charge < -0.3 is 4.74 Å². The molecule has 0 bridgehead atoms. The summed E-state index contributed by atoms with van der Waals surface area (Å²) in [6.45, 7) is 0.361. The van der Waals surface area contributed by atoms with Crippen molar-refractivity contribution in [1.82, 2.24) is 0 Å².